The number of hydrogen-bond acceptors (Lipinski definition) is 1. The molecular weight excluding hydrogens is 189 g/mol. The minimum atomic E-state index is -0.114. The lowest BCUT2D eigenvalue weighted by Gasteiger charge is -2.21. The second-order valence-electron chi connectivity index (χ2n) is 5.29. The fraction of sp³-hybridized carbons (Fsp3) is 0.538. The SMILES string of the molecule is CN(C)Cc1cc(C(C)(C)C)ccc1F. The van der Waals surface area contributed by atoms with Gasteiger partial charge in [-0.1, -0.05) is 32.9 Å². The minimum absolute atomic E-state index is 0.0781. The average molecular weight is 209 g/mol. The molecule has 0 aliphatic carbocycles. The van der Waals surface area contributed by atoms with Gasteiger partial charge in [0.25, 0.3) is 0 Å². The molecule has 0 fully saturated rings. The van der Waals surface area contributed by atoms with E-state index in [9.17, 15) is 4.39 Å². The summed E-state index contributed by atoms with van der Waals surface area (Å²) in [5, 5.41) is 0. The van der Waals surface area contributed by atoms with Crippen molar-refractivity contribution in [1.29, 1.82) is 0 Å². The van der Waals surface area contributed by atoms with Gasteiger partial charge in [0, 0.05) is 12.1 Å². The molecule has 0 heterocycles. The molecule has 0 aliphatic rings. The molecule has 0 amide bonds. The molecule has 84 valence electrons. The molecule has 0 aliphatic heterocycles. The number of hydrogen-bond donors (Lipinski definition) is 0. The van der Waals surface area contributed by atoms with E-state index in [1.54, 1.807) is 6.07 Å². The second-order valence-corrected chi connectivity index (χ2v) is 5.29. The van der Waals surface area contributed by atoms with Gasteiger partial charge in [-0.05, 0) is 31.1 Å². The molecule has 0 saturated carbocycles. The summed E-state index contributed by atoms with van der Waals surface area (Å²) < 4.78 is 13.5. The second kappa shape index (κ2) is 4.31. The van der Waals surface area contributed by atoms with Crippen LogP contribution in [-0.2, 0) is 12.0 Å². The Morgan fingerprint density at radius 1 is 1.20 bits per heavy atom. The van der Waals surface area contributed by atoms with Crippen LogP contribution in [0.1, 0.15) is 31.9 Å². The summed E-state index contributed by atoms with van der Waals surface area (Å²) in [6.45, 7) is 7.06. The van der Waals surface area contributed by atoms with E-state index in [1.165, 1.54) is 5.56 Å². The predicted molar refractivity (Wildman–Crippen MR) is 62.5 cm³/mol. The van der Waals surface area contributed by atoms with Crippen LogP contribution in [0.3, 0.4) is 0 Å². The van der Waals surface area contributed by atoms with E-state index in [1.807, 2.05) is 31.1 Å². The monoisotopic (exact) mass is 209 g/mol. The van der Waals surface area contributed by atoms with Crippen LogP contribution < -0.4 is 0 Å². The van der Waals surface area contributed by atoms with Gasteiger partial charge in [-0.15, -0.1) is 0 Å². The van der Waals surface area contributed by atoms with Gasteiger partial charge < -0.3 is 4.90 Å². The molecule has 0 unspecified atom stereocenters. The van der Waals surface area contributed by atoms with Gasteiger partial charge in [0.2, 0.25) is 0 Å². The van der Waals surface area contributed by atoms with Crippen molar-refractivity contribution in [2.24, 2.45) is 0 Å². The quantitative estimate of drug-likeness (QED) is 0.723. The summed E-state index contributed by atoms with van der Waals surface area (Å²) in [5.41, 5.74) is 2.03. The molecule has 0 atom stereocenters. The highest BCUT2D eigenvalue weighted by molar-refractivity contribution is 5.29. The van der Waals surface area contributed by atoms with Gasteiger partial charge in [0.15, 0.2) is 0 Å². The summed E-state index contributed by atoms with van der Waals surface area (Å²) >= 11 is 0. The number of benzene rings is 1. The van der Waals surface area contributed by atoms with Gasteiger partial charge in [-0.25, -0.2) is 4.39 Å². The van der Waals surface area contributed by atoms with E-state index in [0.717, 1.165) is 5.56 Å². The highest BCUT2D eigenvalue weighted by Gasteiger charge is 2.15. The Balaban J connectivity index is 3.06. The topological polar surface area (TPSA) is 3.24 Å². The molecule has 0 saturated heterocycles. The van der Waals surface area contributed by atoms with Crippen LogP contribution in [0.25, 0.3) is 0 Å². The molecular formula is C13H20FN. The zero-order valence-electron chi connectivity index (χ0n) is 10.3. The Hall–Kier alpha value is -0.890. The minimum Gasteiger partial charge on any atom is -0.305 e. The van der Waals surface area contributed by atoms with Crippen LogP contribution in [0.2, 0.25) is 0 Å². The fourth-order valence-corrected chi connectivity index (χ4v) is 1.50. The molecule has 0 radical (unpaired) electrons. The number of rotatable bonds is 2. The van der Waals surface area contributed by atoms with Gasteiger partial charge in [-0.3, -0.25) is 0 Å². The molecule has 2 heteroatoms. The normalized spacial score (nSPS) is 12.2. The van der Waals surface area contributed by atoms with E-state index in [0.29, 0.717) is 6.54 Å². The van der Waals surface area contributed by atoms with Gasteiger partial charge in [0.1, 0.15) is 5.82 Å². The van der Waals surface area contributed by atoms with Crippen molar-refractivity contribution < 1.29 is 4.39 Å². The lowest BCUT2D eigenvalue weighted by molar-refractivity contribution is 0.391. The summed E-state index contributed by atoms with van der Waals surface area (Å²) in [7, 11) is 3.90. The molecule has 1 aromatic carbocycles. The molecule has 15 heavy (non-hydrogen) atoms. The first-order valence-corrected chi connectivity index (χ1v) is 5.24. The van der Waals surface area contributed by atoms with Crippen molar-refractivity contribution in [3.8, 4) is 0 Å². The van der Waals surface area contributed by atoms with E-state index in [4.69, 9.17) is 0 Å². The van der Waals surface area contributed by atoms with E-state index >= 15 is 0 Å². The molecule has 1 nitrogen and oxygen atoms in total. The Morgan fingerprint density at radius 3 is 2.27 bits per heavy atom. The molecule has 0 N–H and O–H groups in total. The third-order valence-corrected chi connectivity index (χ3v) is 2.40. The molecule has 1 aromatic rings. The summed E-state index contributed by atoms with van der Waals surface area (Å²) in [4.78, 5) is 1.98. The van der Waals surface area contributed by atoms with Gasteiger partial charge in [-0.2, -0.15) is 0 Å². The fourth-order valence-electron chi connectivity index (χ4n) is 1.50. The Labute approximate surface area is 91.9 Å². The summed E-state index contributed by atoms with van der Waals surface area (Å²) in [5.74, 6) is -0.114. The third kappa shape index (κ3) is 3.31. The third-order valence-electron chi connectivity index (χ3n) is 2.40. The first kappa shape index (κ1) is 12.2. The highest BCUT2D eigenvalue weighted by Crippen LogP contribution is 2.24. The summed E-state index contributed by atoms with van der Waals surface area (Å²) in [6.07, 6.45) is 0. The van der Waals surface area contributed by atoms with Crippen molar-refractivity contribution in [1.82, 2.24) is 4.90 Å². The average Bonchev–Trinajstić information content (AvgIpc) is 2.06. The van der Waals surface area contributed by atoms with Crippen molar-refractivity contribution in [2.75, 3.05) is 14.1 Å². The van der Waals surface area contributed by atoms with Gasteiger partial charge >= 0.3 is 0 Å². The molecule has 0 spiro atoms. The number of halogens is 1. The maximum atomic E-state index is 13.5. The standard InChI is InChI=1S/C13H20FN/c1-13(2,3)11-6-7-12(14)10(8-11)9-15(4)5/h6-8H,9H2,1-5H3. The highest BCUT2D eigenvalue weighted by atomic mass is 19.1. The Morgan fingerprint density at radius 2 is 1.80 bits per heavy atom. The van der Waals surface area contributed by atoms with Crippen molar-refractivity contribution in [2.45, 2.75) is 32.7 Å². The Bertz CT molecular complexity index is 337. The first-order valence-electron chi connectivity index (χ1n) is 5.24. The van der Waals surface area contributed by atoms with Crippen LogP contribution in [0.15, 0.2) is 18.2 Å². The molecule has 1 rings (SSSR count). The zero-order valence-corrected chi connectivity index (χ0v) is 10.3. The maximum Gasteiger partial charge on any atom is 0.127 e. The first-order chi connectivity index (χ1) is 6.80. The lowest BCUT2D eigenvalue weighted by atomic mass is 9.86. The number of nitrogens with zero attached hydrogens (tertiary/aromatic N) is 1. The Kier molecular flexibility index (Phi) is 3.50. The summed E-state index contributed by atoms with van der Waals surface area (Å²) in [6, 6.07) is 5.41. The smallest absolute Gasteiger partial charge is 0.127 e. The molecule has 0 aromatic heterocycles. The van der Waals surface area contributed by atoms with E-state index in [-0.39, 0.29) is 11.2 Å². The van der Waals surface area contributed by atoms with Crippen LogP contribution in [0, 0.1) is 5.82 Å². The van der Waals surface area contributed by atoms with Gasteiger partial charge in [0.05, 0.1) is 0 Å². The van der Waals surface area contributed by atoms with Crippen LogP contribution >= 0.6 is 0 Å². The lowest BCUT2D eigenvalue weighted by Crippen LogP contribution is -2.15. The molecule has 0 bridgehead atoms. The van der Waals surface area contributed by atoms with E-state index in [2.05, 4.69) is 20.8 Å². The van der Waals surface area contributed by atoms with Crippen LogP contribution in [0.4, 0.5) is 4.39 Å². The largest absolute Gasteiger partial charge is 0.305 e. The maximum absolute atomic E-state index is 13.5. The van der Waals surface area contributed by atoms with Crippen molar-refractivity contribution >= 4 is 0 Å². The predicted octanol–water partition coefficient (Wildman–Crippen LogP) is 3.18. The van der Waals surface area contributed by atoms with Crippen LogP contribution in [0.5, 0.6) is 0 Å². The zero-order chi connectivity index (χ0) is 11.6. The van der Waals surface area contributed by atoms with Crippen LogP contribution in [-0.4, -0.2) is 19.0 Å². The van der Waals surface area contributed by atoms with E-state index < -0.39 is 0 Å². The van der Waals surface area contributed by atoms with Crippen molar-refractivity contribution in [3.63, 3.8) is 0 Å². The van der Waals surface area contributed by atoms with Crippen molar-refractivity contribution in [3.05, 3.63) is 35.1 Å².